The van der Waals surface area contributed by atoms with Gasteiger partial charge in [0.1, 0.15) is 0 Å². The van der Waals surface area contributed by atoms with E-state index in [2.05, 4.69) is 70.3 Å². The normalized spacial score (nSPS) is 13.9. The molecular formula is C17H29N. The monoisotopic (exact) mass is 247 g/mol. The van der Waals surface area contributed by atoms with E-state index in [0.717, 1.165) is 12.5 Å². The molecule has 0 aliphatic rings. The Morgan fingerprint density at radius 1 is 1.11 bits per heavy atom. The fraction of sp³-hybridized carbons (Fsp3) is 0.647. The van der Waals surface area contributed by atoms with Crippen molar-refractivity contribution in [3.05, 3.63) is 35.9 Å². The molecule has 1 rings (SSSR count). The van der Waals surface area contributed by atoms with Crippen LogP contribution in [0.3, 0.4) is 0 Å². The highest BCUT2D eigenvalue weighted by molar-refractivity contribution is 5.25. The van der Waals surface area contributed by atoms with Gasteiger partial charge in [-0.1, -0.05) is 65.0 Å². The van der Waals surface area contributed by atoms with Crippen LogP contribution in [0.25, 0.3) is 0 Å². The van der Waals surface area contributed by atoms with Crippen LogP contribution in [0.2, 0.25) is 0 Å². The highest BCUT2D eigenvalue weighted by Gasteiger charge is 2.30. The minimum atomic E-state index is 0.181. The first-order valence-electron chi connectivity index (χ1n) is 7.27. The van der Waals surface area contributed by atoms with Crippen molar-refractivity contribution in [2.75, 3.05) is 6.54 Å². The molecule has 0 amide bonds. The molecule has 0 radical (unpaired) electrons. The van der Waals surface area contributed by atoms with E-state index < -0.39 is 0 Å². The SMILES string of the molecule is CCCNC(CC(C)C)C(C)(C)c1ccccc1. The van der Waals surface area contributed by atoms with E-state index in [1.165, 1.54) is 18.4 Å². The summed E-state index contributed by atoms with van der Waals surface area (Å²) in [6.45, 7) is 12.7. The Bertz CT molecular complexity index is 327. The zero-order valence-electron chi connectivity index (χ0n) is 12.7. The van der Waals surface area contributed by atoms with Gasteiger partial charge in [0.05, 0.1) is 0 Å². The van der Waals surface area contributed by atoms with E-state index in [0.29, 0.717) is 6.04 Å². The summed E-state index contributed by atoms with van der Waals surface area (Å²) in [4.78, 5) is 0. The van der Waals surface area contributed by atoms with Crippen molar-refractivity contribution < 1.29 is 0 Å². The van der Waals surface area contributed by atoms with Gasteiger partial charge in [-0.3, -0.25) is 0 Å². The van der Waals surface area contributed by atoms with Crippen LogP contribution in [0.15, 0.2) is 30.3 Å². The predicted molar refractivity (Wildman–Crippen MR) is 81.0 cm³/mol. The van der Waals surface area contributed by atoms with Gasteiger partial charge in [-0.15, -0.1) is 0 Å². The Morgan fingerprint density at radius 3 is 2.22 bits per heavy atom. The summed E-state index contributed by atoms with van der Waals surface area (Å²) in [6.07, 6.45) is 2.42. The van der Waals surface area contributed by atoms with Crippen molar-refractivity contribution in [2.24, 2.45) is 5.92 Å². The minimum Gasteiger partial charge on any atom is -0.313 e. The zero-order chi connectivity index (χ0) is 13.6. The third-order valence-electron chi connectivity index (χ3n) is 3.74. The first-order chi connectivity index (χ1) is 8.48. The molecule has 0 saturated carbocycles. The summed E-state index contributed by atoms with van der Waals surface area (Å²) in [6, 6.07) is 11.4. The van der Waals surface area contributed by atoms with Gasteiger partial charge in [-0.05, 0) is 30.9 Å². The molecule has 1 unspecified atom stereocenters. The highest BCUT2D eigenvalue weighted by atomic mass is 14.9. The third-order valence-corrected chi connectivity index (χ3v) is 3.74. The van der Waals surface area contributed by atoms with E-state index in [1.54, 1.807) is 0 Å². The third kappa shape index (κ3) is 4.13. The second-order valence-corrected chi connectivity index (χ2v) is 6.22. The molecule has 1 heteroatoms. The fourth-order valence-corrected chi connectivity index (χ4v) is 2.49. The summed E-state index contributed by atoms with van der Waals surface area (Å²) in [5.74, 6) is 0.724. The van der Waals surface area contributed by atoms with Crippen LogP contribution in [0.1, 0.15) is 53.0 Å². The average molecular weight is 247 g/mol. The molecule has 0 aromatic heterocycles. The Kier molecular flexibility index (Phi) is 5.87. The van der Waals surface area contributed by atoms with Crippen molar-refractivity contribution in [1.82, 2.24) is 5.32 Å². The van der Waals surface area contributed by atoms with E-state index in [4.69, 9.17) is 0 Å². The second-order valence-electron chi connectivity index (χ2n) is 6.22. The van der Waals surface area contributed by atoms with E-state index in [-0.39, 0.29) is 5.41 Å². The number of hydrogen-bond acceptors (Lipinski definition) is 1. The van der Waals surface area contributed by atoms with Crippen LogP contribution >= 0.6 is 0 Å². The number of benzene rings is 1. The summed E-state index contributed by atoms with van der Waals surface area (Å²) in [5.41, 5.74) is 1.61. The van der Waals surface area contributed by atoms with Crippen molar-refractivity contribution in [2.45, 2.75) is 58.9 Å². The summed E-state index contributed by atoms with van der Waals surface area (Å²) in [7, 11) is 0. The highest BCUT2D eigenvalue weighted by Crippen LogP contribution is 2.30. The molecule has 1 aromatic carbocycles. The first kappa shape index (κ1) is 15.2. The average Bonchev–Trinajstić information content (AvgIpc) is 2.35. The van der Waals surface area contributed by atoms with Gasteiger partial charge in [0.25, 0.3) is 0 Å². The molecule has 0 saturated heterocycles. The molecule has 0 fully saturated rings. The molecule has 1 N–H and O–H groups in total. The van der Waals surface area contributed by atoms with Gasteiger partial charge in [-0.25, -0.2) is 0 Å². The van der Waals surface area contributed by atoms with E-state index >= 15 is 0 Å². The maximum Gasteiger partial charge on any atom is 0.0161 e. The molecule has 1 nitrogen and oxygen atoms in total. The molecule has 102 valence electrons. The zero-order valence-corrected chi connectivity index (χ0v) is 12.7. The van der Waals surface area contributed by atoms with Gasteiger partial charge in [-0.2, -0.15) is 0 Å². The smallest absolute Gasteiger partial charge is 0.0161 e. The quantitative estimate of drug-likeness (QED) is 0.754. The summed E-state index contributed by atoms with van der Waals surface area (Å²) < 4.78 is 0. The molecule has 18 heavy (non-hydrogen) atoms. The first-order valence-corrected chi connectivity index (χ1v) is 7.27. The number of nitrogens with one attached hydrogen (secondary N) is 1. The largest absolute Gasteiger partial charge is 0.313 e. The lowest BCUT2D eigenvalue weighted by Crippen LogP contribution is -2.46. The Labute approximate surface area is 113 Å². The maximum atomic E-state index is 3.74. The Balaban J connectivity index is 2.87. The van der Waals surface area contributed by atoms with Crippen LogP contribution < -0.4 is 5.32 Å². The molecule has 1 atom stereocenters. The number of rotatable bonds is 7. The van der Waals surface area contributed by atoms with Crippen LogP contribution in [0.4, 0.5) is 0 Å². The van der Waals surface area contributed by atoms with E-state index in [9.17, 15) is 0 Å². The Morgan fingerprint density at radius 2 is 1.72 bits per heavy atom. The van der Waals surface area contributed by atoms with Crippen LogP contribution in [0.5, 0.6) is 0 Å². The van der Waals surface area contributed by atoms with Crippen molar-refractivity contribution >= 4 is 0 Å². The fourth-order valence-electron chi connectivity index (χ4n) is 2.49. The maximum absolute atomic E-state index is 3.74. The molecular weight excluding hydrogens is 218 g/mol. The van der Waals surface area contributed by atoms with Gasteiger partial charge in [0, 0.05) is 11.5 Å². The van der Waals surface area contributed by atoms with Gasteiger partial charge in [0.2, 0.25) is 0 Å². The van der Waals surface area contributed by atoms with Gasteiger partial charge < -0.3 is 5.32 Å². The van der Waals surface area contributed by atoms with Crippen molar-refractivity contribution in [3.63, 3.8) is 0 Å². The topological polar surface area (TPSA) is 12.0 Å². The minimum absolute atomic E-state index is 0.181. The van der Waals surface area contributed by atoms with E-state index in [1.807, 2.05) is 0 Å². The molecule has 0 spiro atoms. The lowest BCUT2D eigenvalue weighted by Gasteiger charge is -2.37. The molecule has 0 heterocycles. The van der Waals surface area contributed by atoms with Crippen LogP contribution in [0, 0.1) is 5.92 Å². The lowest BCUT2D eigenvalue weighted by molar-refractivity contribution is 0.294. The Hall–Kier alpha value is -0.820. The van der Waals surface area contributed by atoms with Crippen LogP contribution in [-0.2, 0) is 5.41 Å². The number of hydrogen-bond donors (Lipinski definition) is 1. The molecule has 0 bridgehead atoms. The molecule has 0 aliphatic heterocycles. The second kappa shape index (κ2) is 6.94. The standard InChI is InChI=1S/C17H29N/c1-6-12-18-16(13-14(2)3)17(4,5)15-10-8-7-9-11-15/h7-11,14,16,18H,6,12-13H2,1-5H3. The summed E-state index contributed by atoms with van der Waals surface area (Å²) >= 11 is 0. The summed E-state index contributed by atoms with van der Waals surface area (Å²) in [5, 5.41) is 3.74. The van der Waals surface area contributed by atoms with Crippen molar-refractivity contribution in [3.8, 4) is 0 Å². The van der Waals surface area contributed by atoms with Crippen LogP contribution in [-0.4, -0.2) is 12.6 Å². The van der Waals surface area contributed by atoms with Crippen molar-refractivity contribution in [1.29, 1.82) is 0 Å². The van der Waals surface area contributed by atoms with Gasteiger partial charge >= 0.3 is 0 Å². The molecule has 1 aromatic rings. The predicted octanol–water partition coefficient (Wildman–Crippen LogP) is 4.38. The molecule has 0 aliphatic carbocycles. The van der Waals surface area contributed by atoms with Gasteiger partial charge in [0.15, 0.2) is 0 Å². The lowest BCUT2D eigenvalue weighted by atomic mass is 9.75.